The van der Waals surface area contributed by atoms with E-state index >= 15 is 0 Å². The van der Waals surface area contributed by atoms with E-state index in [-0.39, 0.29) is 0 Å². The molecule has 2 nitrogen and oxygen atoms in total. The van der Waals surface area contributed by atoms with Gasteiger partial charge in [0.25, 0.3) is 0 Å². The second-order valence-electron chi connectivity index (χ2n) is 2.51. The van der Waals surface area contributed by atoms with E-state index in [1.54, 1.807) is 11.3 Å². The maximum absolute atomic E-state index is 8.55. The number of aryl methyl sites for hydroxylation is 1. The predicted octanol–water partition coefficient (Wildman–Crippen LogP) is 1.89. The van der Waals surface area contributed by atoms with Crippen molar-refractivity contribution in [2.75, 3.05) is 0 Å². The van der Waals surface area contributed by atoms with E-state index in [9.17, 15) is 0 Å². The van der Waals surface area contributed by atoms with Crippen LogP contribution in [0.3, 0.4) is 0 Å². The quantitative estimate of drug-likeness (QED) is 0.692. The van der Waals surface area contributed by atoms with Gasteiger partial charge in [0.2, 0.25) is 0 Å². The van der Waals surface area contributed by atoms with Gasteiger partial charge in [-0.25, -0.2) is 0 Å². The minimum absolute atomic E-state index is 0.450. The molecule has 2 N–H and O–H groups in total. The topological polar surface area (TPSA) is 49.8 Å². The number of thiophene rings is 1. The highest BCUT2D eigenvalue weighted by Crippen LogP contribution is 2.25. The smallest absolute Gasteiger partial charge is 0.128 e. The predicted molar refractivity (Wildman–Crippen MR) is 46.3 cm³/mol. The molecule has 1 rings (SSSR count). The molecule has 0 aliphatic carbocycles. The Morgan fingerprint density at radius 3 is 2.64 bits per heavy atom. The summed E-state index contributed by atoms with van der Waals surface area (Å²) >= 11 is 1.56. The molecule has 11 heavy (non-hydrogen) atoms. The molecule has 0 aromatic carbocycles. The molecule has 0 spiro atoms. The minimum Gasteiger partial charge on any atom is -0.312 e. The zero-order chi connectivity index (χ0) is 8.43. The molecule has 0 aliphatic rings. The first-order valence-corrected chi connectivity index (χ1v) is 4.24. The van der Waals surface area contributed by atoms with Crippen molar-refractivity contribution in [3.05, 3.63) is 21.4 Å². The van der Waals surface area contributed by atoms with Crippen LogP contribution >= 0.6 is 11.3 Å². The Bertz CT molecular complexity index is 296. The van der Waals surface area contributed by atoms with Crippen LogP contribution in [0, 0.1) is 25.2 Å². The van der Waals surface area contributed by atoms with Crippen LogP contribution in [-0.2, 0) is 0 Å². The van der Waals surface area contributed by atoms with Crippen LogP contribution in [-0.4, -0.2) is 0 Å². The van der Waals surface area contributed by atoms with Gasteiger partial charge in [0.05, 0.1) is 6.07 Å². The van der Waals surface area contributed by atoms with Crippen molar-refractivity contribution in [1.29, 1.82) is 5.26 Å². The Balaban J connectivity index is 3.07. The molecular formula is C8H10N2S. The molecule has 1 aromatic heterocycles. The summed E-state index contributed by atoms with van der Waals surface area (Å²) in [5.74, 6) is 0. The third-order valence-corrected chi connectivity index (χ3v) is 3.03. The van der Waals surface area contributed by atoms with Gasteiger partial charge in [-0.15, -0.1) is 11.3 Å². The van der Waals surface area contributed by atoms with E-state index in [4.69, 9.17) is 11.0 Å². The molecule has 1 aromatic rings. The van der Waals surface area contributed by atoms with Gasteiger partial charge >= 0.3 is 0 Å². The molecule has 58 valence electrons. The SMILES string of the molecule is Cc1csc(C(N)C#N)c1C. The number of hydrogen-bond donors (Lipinski definition) is 1. The number of hydrogen-bond acceptors (Lipinski definition) is 3. The van der Waals surface area contributed by atoms with Gasteiger partial charge in [-0.05, 0) is 30.4 Å². The summed E-state index contributed by atoms with van der Waals surface area (Å²) in [4.78, 5) is 0.991. The lowest BCUT2D eigenvalue weighted by atomic mass is 10.1. The van der Waals surface area contributed by atoms with Gasteiger partial charge < -0.3 is 5.73 Å². The van der Waals surface area contributed by atoms with E-state index in [1.807, 2.05) is 25.3 Å². The first-order valence-electron chi connectivity index (χ1n) is 3.36. The maximum atomic E-state index is 8.55. The van der Waals surface area contributed by atoms with Crippen LogP contribution in [0.5, 0.6) is 0 Å². The van der Waals surface area contributed by atoms with Crippen LogP contribution in [0.25, 0.3) is 0 Å². The molecule has 1 atom stereocenters. The summed E-state index contributed by atoms with van der Waals surface area (Å²) < 4.78 is 0. The van der Waals surface area contributed by atoms with Gasteiger partial charge in [-0.1, -0.05) is 0 Å². The fourth-order valence-electron chi connectivity index (χ4n) is 0.888. The van der Waals surface area contributed by atoms with Gasteiger partial charge in [-0.3, -0.25) is 0 Å². The first-order chi connectivity index (χ1) is 5.16. The number of rotatable bonds is 1. The fourth-order valence-corrected chi connectivity index (χ4v) is 1.91. The van der Waals surface area contributed by atoms with Crippen molar-refractivity contribution >= 4 is 11.3 Å². The van der Waals surface area contributed by atoms with Crippen molar-refractivity contribution < 1.29 is 0 Å². The van der Waals surface area contributed by atoms with Gasteiger partial charge in [0, 0.05) is 4.88 Å². The molecule has 0 fully saturated rings. The third kappa shape index (κ3) is 1.42. The zero-order valence-corrected chi connectivity index (χ0v) is 7.40. The van der Waals surface area contributed by atoms with E-state index in [0.29, 0.717) is 0 Å². The molecule has 0 amide bonds. The molecular weight excluding hydrogens is 156 g/mol. The van der Waals surface area contributed by atoms with Gasteiger partial charge in [0.1, 0.15) is 6.04 Å². The summed E-state index contributed by atoms with van der Waals surface area (Å²) in [6.45, 7) is 4.03. The lowest BCUT2D eigenvalue weighted by molar-refractivity contribution is 0.939. The molecule has 3 heteroatoms. The number of nitriles is 1. The molecule has 0 saturated carbocycles. The van der Waals surface area contributed by atoms with Crippen molar-refractivity contribution in [2.45, 2.75) is 19.9 Å². The summed E-state index contributed by atoms with van der Waals surface area (Å²) in [7, 11) is 0. The Morgan fingerprint density at radius 2 is 2.27 bits per heavy atom. The largest absolute Gasteiger partial charge is 0.312 e. The second-order valence-corrected chi connectivity index (χ2v) is 3.43. The number of nitrogens with two attached hydrogens (primary N) is 1. The Kier molecular flexibility index (Phi) is 2.28. The van der Waals surface area contributed by atoms with Gasteiger partial charge in [-0.2, -0.15) is 5.26 Å². The van der Waals surface area contributed by atoms with Crippen molar-refractivity contribution in [2.24, 2.45) is 5.73 Å². The van der Waals surface area contributed by atoms with Crippen LogP contribution < -0.4 is 5.73 Å². The standard InChI is InChI=1S/C8H10N2S/c1-5-4-11-8(6(5)2)7(10)3-9/h4,7H,10H2,1-2H3. The zero-order valence-electron chi connectivity index (χ0n) is 6.59. The average Bonchev–Trinajstić information content (AvgIpc) is 2.32. The highest BCUT2D eigenvalue weighted by molar-refractivity contribution is 7.10. The van der Waals surface area contributed by atoms with E-state index in [0.717, 1.165) is 10.4 Å². The molecule has 0 saturated heterocycles. The summed E-state index contributed by atoms with van der Waals surface area (Å²) in [6, 6.07) is 1.57. The molecule has 0 radical (unpaired) electrons. The van der Waals surface area contributed by atoms with Crippen LogP contribution in [0.2, 0.25) is 0 Å². The van der Waals surface area contributed by atoms with Crippen molar-refractivity contribution in [1.82, 2.24) is 0 Å². The third-order valence-electron chi connectivity index (χ3n) is 1.75. The molecule has 0 aliphatic heterocycles. The summed E-state index contributed by atoms with van der Waals surface area (Å²) in [5.41, 5.74) is 7.93. The monoisotopic (exact) mass is 166 g/mol. The Labute approximate surface area is 70.3 Å². The Hall–Kier alpha value is -0.850. The fraction of sp³-hybridized carbons (Fsp3) is 0.375. The minimum atomic E-state index is -0.450. The highest BCUT2D eigenvalue weighted by Gasteiger charge is 2.10. The van der Waals surface area contributed by atoms with E-state index in [1.165, 1.54) is 5.56 Å². The lowest BCUT2D eigenvalue weighted by Gasteiger charge is -1.99. The molecule has 1 heterocycles. The second kappa shape index (κ2) is 3.04. The summed E-state index contributed by atoms with van der Waals surface area (Å²) in [6.07, 6.45) is 0. The molecule has 1 unspecified atom stereocenters. The summed E-state index contributed by atoms with van der Waals surface area (Å²) in [5, 5.41) is 10.6. The first kappa shape index (κ1) is 8.25. The van der Waals surface area contributed by atoms with Gasteiger partial charge in [0.15, 0.2) is 0 Å². The van der Waals surface area contributed by atoms with Crippen LogP contribution in [0.4, 0.5) is 0 Å². The van der Waals surface area contributed by atoms with Crippen molar-refractivity contribution in [3.63, 3.8) is 0 Å². The van der Waals surface area contributed by atoms with E-state index < -0.39 is 6.04 Å². The highest BCUT2D eigenvalue weighted by atomic mass is 32.1. The maximum Gasteiger partial charge on any atom is 0.128 e. The average molecular weight is 166 g/mol. The lowest BCUT2D eigenvalue weighted by Crippen LogP contribution is -2.06. The van der Waals surface area contributed by atoms with E-state index in [2.05, 4.69) is 0 Å². The number of nitrogens with zero attached hydrogens (tertiary/aromatic N) is 1. The normalized spacial score (nSPS) is 12.5. The molecule has 0 bridgehead atoms. The van der Waals surface area contributed by atoms with Crippen LogP contribution in [0.15, 0.2) is 5.38 Å². The van der Waals surface area contributed by atoms with Crippen LogP contribution in [0.1, 0.15) is 22.0 Å². The Morgan fingerprint density at radius 1 is 1.64 bits per heavy atom. The van der Waals surface area contributed by atoms with Crippen molar-refractivity contribution in [3.8, 4) is 6.07 Å².